The molecule has 2 atom stereocenters. The van der Waals surface area contributed by atoms with Crippen LogP contribution >= 0.6 is 0 Å². The van der Waals surface area contributed by atoms with E-state index in [1.165, 1.54) is 0 Å². The highest BCUT2D eigenvalue weighted by Gasteiger charge is 2.27. The van der Waals surface area contributed by atoms with Crippen LogP contribution in [0.3, 0.4) is 0 Å². The lowest BCUT2D eigenvalue weighted by atomic mass is 10.2. The van der Waals surface area contributed by atoms with Gasteiger partial charge < -0.3 is 19.8 Å². The molecule has 0 aliphatic carbocycles. The molecule has 0 amide bonds. The number of hydrogen-bond donors (Lipinski definition) is 2. The van der Waals surface area contributed by atoms with Crippen molar-refractivity contribution in [2.24, 2.45) is 0 Å². The van der Waals surface area contributed by atoms with Crippen molar-refractivity contribution in [3.05, 3.63) is 11.7 Å². The molecule has 18 heavy (non-hydrogen) atoms. The summed E-state index contributed by atoms with van der Waals surface area (Å²) in [6.45, 7) is 7.92. The van der Waals surface area contributed by atoms with Crippen LogP contribution in [0.25, 0.3) is 0 Å². The van der Waals surface area contributed by atoms with Gasteiger partial charge in [-0.05, 0) is 19.5 Å². The molecule has 2 N–H and O–H groups in total. The molecule has 1 fully saturated rings. The largest absolute Gasteiger partial charge is 0.392 e. The summed E-state index contributed by atoms with van der Waals surface area (Å²) in [5.74, 6) is 1.35. The van der Waals surface area contributed by atoms with Crippen LogP contribution in [0.15, 0.2) is 4.52 Å². The summed E-state index contributed by atoms with van der Waals surface area (Å²) >= 11 is 0. The van der Waals surface area contributed by atoms with E-state index in [0.717, 1.165) is 31.9 Å². The van der Waals surface area contributed by atoms with E-state index in [1.807, 2.05) is 0 Å². The molecule has 1 unspecified atom stereocenters. The molecule has 1 aromatic rings. The van der Waals surface area contributed by atoms with Crippen molar-refractivity contribution in [3.8, 4) is 0 Å². The van der Waals surface area contributed by atoms with Crippen LogP contribution < -0.4 is 5.32 Å². The highest BCUT2D eigenvalue weighted by atomic mass is 16.5. The number of likely N-dealkylation sites (N-methyl/N-ethyl adjacent to an activating group) is 1. The number of aromatic nitrogens is 2. The Bertz CT molecular complexity index is 365. The van der Waals surface area contributed by atoms with E-state index in [2.05, 4.69) is 34.2 Å². The molecular weight excluding hydrogens is 232 g/mol. The summed E-state index contributed by atoms with van der Waals surface area (Å²) in [4.78, 5) is 6.72. The van der Waals surface area contributed by atoms with E-state index >= 15 is 0 Å². The van der Waals surface area contributed by atoms with Gasteiger partial charge in [-0.2, -0.15) is 4.98 Å². The normalized spacial score (nSPS) is 24.0. The van der Waals surface area contributed by atoms with Gasteiger partial charge in [0.1, 0.15) is 0 Å². The maximum absolute atomic E-state index is 9.45. The molecule has 0 aromatic carbocycles. The van der Waals surface area contributed by atoms with E-state index in [1.54, 1.807) is 0 Å². The van der Waals surface area contributed by atoms with E-state index in [0.29, 0.717) is 18.9 Å². The van der Waals surface area contributed by atoms with Crippen LogP contribution in [0.4, 0.5) is 0 Å². The molecule has 1 aromatic heterocycles. The van der Waals surface area contributed by atoms with Crippen LogP contribution in [0.2, 0.25) is 0 Å². The monoisotopic (exact) mass is 254 g/mol. The Morgan fingerprint density at radius 1 is 1.44 bits per heavy atom. The average molecular weight is 254 g/mol. The van der Waals surface area contributed by atoms with Gasteiger partial charge in [0.15, 0.2) is 5.82 Å². The number of rotatable bonds is 6. The van der Waals surface area contributed by atoms with Gasteiger partial charge >= 0.3 is 0 Å². The molecular formula is C12H22N4O2. The van der Waals surface area contributed by atoms with Crippen molar-refractivity contribution < 1.29 is 9.63 Å². The van der Waals surface area contributed by atoms with Crippen LogP contribution in [0.1, 0.15) is 38.0 Å². The molecule has 6 nitrogen and oxygen atoms in total. The molecule has 0 radical (unpaired) electrons. The summed E-state index contributed by atoms with van der Waals surface area (Å²) in [5.41, 5.74) is 0. The van der Waals surface area contributed by atoms with Crippen molar-refractivity contribution in [3.63, 3.8) is 0 Å². The minimum Gasteiger partial charge on any atom is -0.392 e. The van der Waals surface area contributed by atoms with Gasteiger partial charge in [0.2, 0.25) is 5.89 Å². The highest BCUT2D eigenvalue weighted by Crippen LogP contribution is 2.21. The molecule has 1 saturated heterocycles. The number of β-amino-alcohol motifs (C(OH)–C–C–N with tert-alkyl or cyclic N) is 1. The second-order valence-corrected chi connectivity index (χ2v) is 4.68. The molecule has 2 heterocycles. The van der Waals surface area contributed by atoms with Gasteiger partial charge in [0.05, 0.1) is 12.1 Å². The SMILES string of the molecule is CCN(CC)CCc1noc([C@@H]2CC(O)CN2)n1. The third-order valence-electron chi connectivity index (χ3n) is 3.44. The first-order chi connectivity index (χ1) is 8.72. The van der Waals surface area contributed by atoms with Crippen molar-refractivity contribution >= 4 is 0 Å². The Morgan fingerprint density at radius 2 is 2.22 bits per heavy atom. The molecule has 0 spiro atoms. The lowest BCUT2D eigenvalue weighted by Crippen LogP contribution is -2.25. The minimum absolute atomic E-state index is 0.00898. The van der Waals surface area contributed by atoms with Gasteiger partial charge in [-0.1, -0.05) is 19.0 Å². The van der Waals surface area contributed by atoms with Gasteiger partial charge in [-0.15, -0.1) is 0 Å². The third kappa shape index (κ3) is 3.28. The standard InChI is InChI=1S/C12H22N4O2/c1-3-16(4-2)6-5-11-14-12(18-15-11)10-7-9(17)8-13-10/h9-10,13,17H,3-8H2,1-2H3/t9?,10-/m0/s1. The Kier molecular flexibility index (Phi) is 4.68. The van der Waals surface area contributed by atoms with Crippen molar-refractivity contribution in [1.82, 2.24) is 20.4 Å². The van der Waals surface area contributed by atoms with Crippen LogP contribution in [-0.4, -0.2) is 52.4 Å². The zero-order chi connectivity index (χ0) is 13.0. The number of hydrogen-bond acceptors (Lipinski definition) is 6. The summed E-state index contributed by atoms with van der Waals surface area (Å²) in [7, 11) is 0. The average Bonchev–Trinajstić information content (AvgIpc) is 2.99. The fourth-order valence-corrected chi connectivity index (χ4v) is 2.21. The third-order valence-corrected chi connectivity index (χ3v) is 3.44. The summed E-state index contributed by atoms with van der Waals surface area (Å²) in [5, 5.41) is 16.6. The second-order valence-electron chi connectivity index (χ2n) is 4.68. The molecule has 0 bridgehead atoms. The van der Waals surface area contributed by atoms with E-state index < -0.39 is 0 Å². The quantitative estimate of drug-likeness (QED) is 0.763. The fraction of sp³-hybridized carbons (Fsp3) is 0.833. The van der Waals surface area contributed by atoms with E-state index in [9.17, 15) is 5.11 Å². The molecule has 2 rings (SSSR count). The number of aliphatic hydroxyl groups is 1. The zero-order valence-electron chi connectivity index (χ0n) is 11.1. The van der Waals surface area contributed by atoms with Crippen LogP contribution in [-0.2, 0) is 6.42 Å². The van der Waals surface area contributed by atoms with Gasteiger partial charge in [-0.3, -0.25) is 0 Å². The maximum Gasteiger partial charge on any atom is 0.243 e. The Morgan fingerprint density at radius 3 is 2.83 bits per heavy atom. The predicted octanol–water partition coefficient (Wildman–Crippen LogP) is 0.349. The first-order valence-corrected chi connectivity index (χ1v) is 6.69. The van der Waals surface area contributed by atoms with Crippen LogP contribution in [0, 0.1) is 0 Å². The Labute approximate surface area is 107 Å². The lowest BCUT2D eigenvalue weighted by Gasteiger charge is -2.16. The number of nitrogens with zero attached hydrogens (tertiary/aromatic N) is 3. The summed E-state index contributed by atoms with van der Waals surface area (Å²) < 4.78 is 5.24. The molecule has 1 aliphatic rings. The lowest BCUT2D eigenvalue weighted by molar-refractivity contribution is 0.191. The van der Waals surface area contributed by atoms with E-state index in [4.69, 9.17) is 4.52 Å². The Balaban J connectivity index is 1.86. The highest BCUT2D eigenvalue weighted by molar-refractivity contribution is 4.97. The minimum atomic E-state index is -0.305. The van der Waals surface area contributed by atoms with Gasteiger partial charge in [0, 0.05) is 19.5 Å². The molecule has 0 saturated carbocycles. The van der Waals surface area contributed by atoms with Crippen molar-refractivity contribution in [2.45, 2.75) is 38.8 Å². The molecule has 1 aliphatic heterocycles. The number of aliphatic hydroxyl groups excluding tert-OH is 1. The fourth-order valence-electron chi connectivity index (χ4n) is 2.21. The topological polar surface area (TPSA) is 74.4 Å². The smallest absolute Gasteiger partial charge is 0.243 e. The first-order valence-electron chi connectivity index (χ1n) is 6.69. The van der Waals surface area contributed by atoms with Gasteiger partial charge in [0.25, 0.3) is 0 Å². The predicted molar refractivity (Wildman–Crippen MR) is 67.2 cm³/mol. The van der Waals surface area contributed by atoms with Crippen molar-refractivity contribution in [1.29, 1.82) is 0 Å². The zero-order valence-corrected chi connectivity index (χ0v) is 11.1. The number of nitrogens with one attached hydrogen (secondary N) is 1. The van der Waals surface area contributed by atoms with Gasteiger partial charge in [-0.25, -0.2) is 0 Å². The van der Waals surface area contributed by atoms with E-state index in [-0.39, 0.29) is 12.1 Å². The summed E-state index contributed by atoms with van der Waals surface area (Å²) in [6, 6.07) is 0.00898. The van der Waals surface area contributed by atoms with Crippen molar-refractivity contribution in [2.75, 3.05) is 26.2 Å². The summed E-state index contributed by atoms with van der Waals surface area (Å²) in [6.07, 6.45) is 1.15. The first kappa shape index (κ1) is 13.5. The maximum atomic E-state index is 9.45. The Hall–Kier alpha value is -0.980. The van der Waals surface area contributed by atoms with Crippen LogP contribution in [0.5, 0.6) is 0 Å². The second kappa shape index (κ2) is 6.26. The molecule has 102 valence electrons. The molecule has 6 heteroatoms.